The SMILES string of the molecule is CCCCC(=O)N(Cc1ccc(OS(=O)(=O)c2ccc(F)cc2)cc1)C(C)C. The third kappa shape index (κ3) is 6.05. The third-order valence-corrected chi connectivity index (χ3v) is 5.53. The minimum Gasteiger partial charge on any atom is -0.379 e. The first-order valence-electron chi connectivity index (χ1n) is 9.31. The summed E-state index contributed by atoms with van der Waals surface area (Å²) in [6.45, 7) is 6.43. The predicted octanol–water partition coefficient (Wildman–Crippen LogP) is 4.52. The van der Waals surface area contributed by atoms with Crippen LogP contribution in [0.3, 0.4) is 0 Å². The quantitative estimate of drug-likeness (QED) is 0.573. The molecule has 28 heavy (non-hydrogen) atoms. The Labute approximate surface area is 166 Å². The molecule has 0 saturated carbocycles. The lowest BCUT2D eigenvalue weighted by molar-refractivity contribution is -0.133. The van der Waals surface area contributed by atoms with E-state index in [9.17, 15) is 17.6 Å². The Morgan fingerprint density at radius 1 is 1.07 bits per heavy atom. The van der Waals surface area contributed by atoms with E-state index in [0.717, 1.165) is 42.7 Å². The fraction of sp³-hybridized carbons (Fsp3) is 0.381. The number of unbranched alkanes of at least 4 members (excludes halogenated alkanes) is 1. The Bertz CT molecular complexity index is 878. The van der Waals surface area contributed by atoms with Crippen LogP contribution < -0.4 is 4.18 Å². The smallest absolute Gasteiger partial charge is 0.339 e. The van der Waals surface area contributed by atoms with E-state index >= 15 is 0 Å². The number of nitrogens with zero attached hydrogens (tertiary/aromatic N) is 1. The minimum absolute atomic E-state index is 0.0686. The van der Waals surface area contributed by atoms with Gasteiger partial charge in [-0.2, -0.15) is 8.42 Å². The first kappa shape index (κ1) is 21.9. The van der Waals surface area contributed by atoms with Crippen LogP contribution in [0.15, 0.2) is 53.4 Å². The summed E-state index contributed by atoms with van der Waals surface area (Å²) in [5.74, 6) is -0.260. The number of carbonyl (C=O) groups excluding carboxylic acids is 1. The molecule has 1 amide bonds. The van der Waals surface area contributed by atoms with Crippen molar-refractivity contribution in [2.45, 2.75) is 57.5 Å². The van der Waals surface area contributed by atoms with Crippen molar-refractivity contribution in [1.29, 1.82) is 0 Å². The molecule has 0 heterocycles. The zero-order chi connectivity index (χ0) is 20.7. The van der Waals surface area contributed by atoms with E-state index in [1.54, 1.807) is 29.2 Å². The summed E-state index contributed by atoms with van der Waals surface area (Å²) >= 11 is 0. The van der Waals surface area contributed by atoms with Gasteiger partial charge in [-0.15, -0.1) is 0 Å². The van der Waals surface area contributed by atoms with Crippen LogP contribution in [0.1, 0.15) is 45.6 Å². The van der Waals surface area contributed by atoms with Crippen LogP contribution >= 0.6 is 0 Å². The molecule has 5 nitrogen and oxygen atoms in total. The third-order valence-electron chi connectivity index (χ3n) is 4.27. The maximum atomic E-state index is 13.0. The van der Waals surface area contributed by atoms with Crippen molar-refractivity contribution in [2.24, 2.45) is 0 Å². The normalized spacial score (nSPS) is 11.5. The summed E-state index contributed by atoms with van der Waals surface area (Å²) in [6, 6.07) is 11.1. The highest BCUT2D eigenvalue weighted by Gasteiger charge is 2.18. The lowest BCUT2D eigenvalue weighted by atomic mass is 10.1. The molecule has 152 valence electrons. The number of hydrogen-bond acceptors (Lipinski definition) is 4. The monoisotopic (exact) mass is 407 g/mol. The van der Waals surface area contributed by atoms with Gasteiger partial charge in [-0.05, 0) is 62.2 Å². The fourth-order valence-electron chi connectivity index (χ4n) is 2.65. The molecule has 0 bridgehead atoms. The molecule has 0 aliphatic heterocycles. The van der Waals surface area contributed by atoms with Crippen molar-refractivity contribution >= 4 is 16.0 Å². The van der Waals surface area contributed by atoms with Gasteiger partial charge in [-0.1, -0.05) is 25.5 Å². The number of rotatable bonds is 9. The summed E-state index contributed by atoms with van der Waals surface area (Å²) in [4.78, 5) is 14.1. The Balaban J connectivity index is 2.07. The maximum Gasteiger partial charge on any atom is 0.339 e. The van der Waals surface area contributed by atoms with Crippen LogP contribution in [0.5, 0.6) is 5.75 Å². The Kier molecular flexibility index (Phi) is 7.57. The number of hydrogen-bond donors (Lipinski definition) is 0. The molecule has 0 saturated heterocycles. The predicted molar refractivity (Wildman–Crippen MR) is 106 cm³/mol. The molecule has 0 fully saturated rings. The van der Waals surface area contributed by atoms with Gasteiger partial charge in [0, 0.05) is 19.0 Å². The summed E-state index contributed by atoms with van der Waals surface area (Å²) in [6.07, 6.45) is 2.34. The topological polar surface area (TPSA) is 63.7 Å². The largest absolute Gasteiger partial charge is 0.379 e. The standard InChI is InChI=1S/C21H26FNO4S/c1-4-5-6-21(24)23(16(2)3)15-17-7-11-19(12-8-17)27-28(25,26)20-13-9-18(22)10-14-20/h7-14,16H,4-6,15H2,1-3H3. The zero-order valence-corrected chi connectivity index (χ0v) is 17.2. The van der Waals surface area contributed by atoms with Gasteiger partial charge < -0.3 is 9.08 Å². The second-order valence-corrected chi connectivity index (χ2v) is 8.40. The van der Waals surface area contributed by atoms with E-state index in [0.29, 0.717) is 13.0 Å². The molecule has 0 aromatic heterocycles. The Morgan fingerprint density at radius 3 is 2.21 bits per heavy atom. The highest BCUT2D eigenvalue weighted by Crippen LogP contribution is 2.21. The molecule has 0 unspecified atom stereocenters. The van der Waals surface area contributed by atoms with E-state index < -0.39 is 15.9 Å². The first-order valence-corrected chi connectivity index (χ1v) is 10.7. The van der Waals surface area contributed by atoms with Gasteiger partial charge in [0.1, 0.15) is 16.5 Å². The highest BCUT2D eigenvalue weighted by atomic mass is 32.2. The molecule has 0 N–H and O–H groups in total. The minimum atomic E-state index is -4.03. The molecular formula is C21H26FNO4S. The highest BCUT2D eigenvalue weighted by molar-refractivity contribution is 7.87. The first-order chi connectivity index (χ1) is 13.2. The van der Waals surface area contributed by atoms with Gasteiger partial charge in [-0.25, -0.2) is 4.39 Å². The van der Waals surface area contributed by atoms with E-state index in [2.05, 4.69) is 0 Å². The van der Waals surface area contributed by atoms with Gasteiger partial charge in [0.05, 0.1) is 0 Å². The second kappa shape index (κ2) is 9.68. The van der Waals surface area contributed by atoms with Crippen LogP contribution in [0, 0.1) is 5.82 Å². The summed E-state index contributed by atoms with van der Waals surface area (Å²) in [7, 11) is -4.03. The van der Waals surface area contributed by atoms with E-state index in [1.165, 1.54) is 0 Å². The second-order valence-electron chi connectivity index (χ2n) is 6.85. The Hall–Kier alpha value is -2.41. The number of amides is 1. The van der Waals surface area contributed by atoms with Crippen molar-refractivity contribution in [2.75, 3.05) is 0 Å². The molecule has 2 rings (SSSR count). The maximum absolute atomic E-state index is 13.0. The van der Waals surface area contributed by atoms with Gasteiger partial charge in [0.25, 0.3) is 0 Å². The lowest BCUT2D eigenvalue weighted by Gasteiger charge is -2.27. The molecule has 0 atom stereocenters. The molecule has 2 aromatic rings. The van der Waals surface area contributed by atoms with Crippen LogP contribution in [0.2, 0.25) is 0 Å². The van der Waals surface area contributed by atoms with Crippen molar-refractivity contribution in [3.63, 3.8) is 0 Å². The summed E-state index contributed by atoms with van der Waals surface area (Å²) in [5.41, 5.74) is 0.880. The van der Waals surface area contributed by atoms with Crippen molar-refractivity contribution in [1.82, 2.24) is 4.90 Å². The lowest BCUT2D eigenvalue weighted by Crippen LogP contribution is -2.36. The molecular weight excluding hydrogens is 381 g/mol. The van der Waals surface area contributed by atoms with Crippen molar-refractivity contribution in [3.8, 4) is 5.75 Å². The summed E-state index contributed by atoms with van der Waals surface area (Å²) < 4.78 is 42.6. The number of benzene rings is 2. The average Bonchev–Trinajstić information content (AvgIpc) is 2.65. The number of carbonyl (C=O) groups is 1. The zero-order valence-electron chi connectivity index (χ0n) is 16.4. The molecule has 7 heteroatoms. The Morgan fingerprint density at radius 2 is 1.68 bits per heavy atom. The van der Waals surface area contributed by atoms with Crippen LogP contribution in [0.4, 0.5) is 4.39 Å². The fourth-order valence-corrected chi connectivity index (χ4v) is 3.58. The van der Waals surface area contributed by atoms with Crippen LogP contribution in [0.25, 0.3) is 0 Å². The molecule has 0 radical (unpaired) electrons. The van der Waals surface area contributed by atoms with Gasteiger partial charge in [0.15, 0.2) is 0 Å². The van der Waals surface area contributed by atoms with Crippen molar-refractivity contribution < 1.29 is 21.8 Å². The van der Waals surface area contributed by atoms with Gasteiger partial charge in [0.2, 0.25) is 5.91 Å². The van der Waals surface area contributed by atoms with E-state index in [-0.39, 0.29) is 22.6 Å². The van der Waals surface area contributed by atoms with E-state index in [1.807, 2.05) is 20.8 Å². The molecule has 2 aromatic carbocycles. The van der Waals surface area contributed by atoms with Gasteiger partial charge in [-0.3, -0.25) is 4.79 Å². The number of halogens is 1. The average molecular weight is 408 g/mol. The van der Waals surface area contributed by atoms with Gasteiger partial charge >= 0.3 is 10.1 Å². The van der Waals surface area contributed by atoms with E-state index in [4.69, 9.17) is 4.18 Å². The van der Waals surface area contributed by atoms with Crippen LogP contribution in [-0.2, 0) is 21.5 Å². The molecule has 0 aliphatic rings. The molecule has 0 spiro atoms. The van der Waals surface area contributed by atoms with Crippen LogP contribution in [-0.4, -0.2) is 25.3 Å². The molecule has 0 aliphatic carbocycles. The van der Waals surface area contributed by atoms with Crippen molar-refractivity contribution in [3.05, 3.63) is 59.9 Å². The summed E-state index contributed by atoms with van der Waals surface area (Å²) in [5, 5.41) is 0.